The molecule has 0 radical (unpaired) electrons. The van der Waals surface area contributed by atoms with Crippen LogP contribution in [0.3, 0.4) is 0 Å². The van der Waals surface area contributed by atoms with Crippen molar-refractivity contribution in [2.45, 2.75) is 32.4 Å². The van der Waals surface area contributed by atoms with Crippen LogP contribution in [0.5, 0.6) is 5.75 Å². The number of nitrogens with one attached hydrogen (secondary N) is 1. The van der Waals surface area contributed by atoms with Gasteiger partial charge in [0.2, 0.25) is 0 Å². The molecule has 6 nitrogen and oxygen atoms in total. The zero-order valence-electron chi connectivity index (χ0n) is 13.0. The van der Waals surface area contributed by atoms with E-state index in [1.165, 1.54) is 0 Å². The lowest BCUT2D eigenvalue weighted by Crippen LogP contribution is -2.32. The first-order valence-electron chi connectivity index (χ1n) is 7.87. The van der Waals surface area contributed by atoms with Gasteiger partial charge in [0.1, 0.15) is 18.2 Å². The first-order valence-corrected chi connectivity index (χ1v) is 7.87. The molecule has 0 saturated carbocycles. The molecule has 1 aromatic heterocycles. The van der Waals surface area contributed by atoms with Crippen molar-refractivity contribution in [2.24, 2.45) is 0 Å². The van der Waals surface area contributed by atoms with Crippen molar-refractivity contribution in [1.82, 2.24) is 20.1 Å². The lowest BCUT2D eigenvalue weighted by molar-refractivity contribution is -0.118. The van der Waals surface area contributed by atoms with Crippen molar-refractivity contribution in [1.29, 1.82) is 0 Å². The molecule has 0 spiro atoms. The van der Waals surface area contributed by atoms with Gasteiger partial charge in [-0.15, -0.1) is 10.2 Å². The third-order valence-electron chi connectivity index (χ3n) is 4.30. The number of fused-ring (bicyclic) bond motifs is 2. The standard InChI is InChI=1S/C17H18N4O2/c1-11(16-20-19-15-7-4-8-21(15)16)18-17(22)13-9-12-5-2-3-6-14(12)23-10-13/h2-3,5-6,9,11H,4,7-8,10H2,1H3,(H,18,22)/t11-/m1/s1. The van der Waals surface area contributed by atoms with E-state index in [1.54, 1.807) is 0 Å². The maximum absolute atomic E-state index is 12.5. The Morgan fingerprint density at radius 1 is 1.35 bits per heavy atom. The molecule has 2 aliphatic rings. The highest BCUT2D eigenvalue weighted by molar-refractivity contribution is 5.99. The van der Waals surface area contributed by atoms with E-state index in [1.807, 2.05) is 37.3 Å². The van der Waals surface area contributed by atoms with Crippen LogP contribution in [0.4, 0.5) is 0 Å². The molecule has 0 saturated heterocycles. The third-order valence-corrected chi connectivity index (χ3v) is 4.30. The second kappa shape index (κ2) is 5.53. The first kappa shape index (κ1) is 14.0. The Labute approximate surface area is 134 Å². The number of ether oxygens (including phenoxy) is 1. The summed E-state index contributed by atoms with van der Waals surface area (Å²) < 4.78 is 7.74. The van der Waals surface area contributed by atoms with Crippen LogP contribution in [0.25, 0.3) is 6.08 Å². The lowest BCUT2D eigenvalue weighted by atomic mass is 10.1. The van der Waals surface area contributed by atoms with Gasteiger partial charge in [0.05, 0.1) is 11.6 Å². The predicted octanol–water partition coefficient (Wildman–Crippen LogP) is 1.88. The Morgan fingerprint density at radius 2 is 2.22 bits per heavy atom. The van der Waals surface area contributed by atoms with Gasteiger partial charge in [-0.3, -0.25) is 4.79 Å². The van der Waals surface area contributed by atoms with E-state index in [0.717, 1.165) is 42.3 Å². The fourth-order valence-corrected chi connectivity index (χ4v) is 3.09. The molecule has 1 aromatic carbocycles. The second-order valence-electron chi connectivity index (χ2n) is 5.92. The molecule has 1 N–H and O–H groups in total. The van der Waals surface area contributed by atoms with Crippen LogP contribution < -0.4 is 10.1 Å². The van der Waals surface area contributed by atoms with Crippen LogP contribution in [0.1, 0.15) is 36.6 Å². The van der Waals surface area contributed by atoms with Crippen molar-refractivity contribution in [3.05, 3.63) is 47.1 Å². The molecule has 0 aliphatic carbocycles. The molecule has 1 atom stereocenters. The Morgan fingerprint density at radius 3 is 3.13 bits per heavy atom. The number of para-hydroxylation sites is 1. The van der Waals surface area contributed by atoms with Crippen LogP contribution in [-0.2, 0) is 17.8 Å². The maximum Gasteiger partial charge on any atom is 0.251 e. The van der Waals surface area contributed by atoms with E-state index >= 15 is 0 Å². The second-order valence-corrected chi connectivity index (χ2v) is 5.92. The number of aryl methyl sites for hydroxylation is 1. The minimum Gasteiger partial charge on any atom is -0.488 e. The molecular formula is C17H18N4O2. The van der Waals surface area contributed by atoms with Gasteiger partial charge in [0.15, 0.2) is 5.82 Å². The quantitative estimate of drug-likeness (QED) is 0.940. The summed E-state index contributed by atoms with van der Waals surface area (Å²) in [5, 5.41) is 11.4. The highest BCUT2D eigenvalue weighted by atomic mass is 16.5. The largest absolute Gasteiger partial charge is 0.488 e. The van der Waals surface area contributed by atoms with Crippen molar-refractivity contribution in [3.8, 4) is 5.75 Å². The van der Waals surface area contributed by atoms with E-state index in [4.69, 9.17) is 4.74 Å². The lowest BCUT2D eigenvalue weighted by Gasteiger charge is -2.19. The highest BCUT2D eigenvalue weighted by Crippen LogP contribution is 2.26. The third kappa shape index (κ3) is 2.50. The fourth-order valence-electron chi connectivity index (χ4n) is 3.09. The Kier molecular flexibility index (Phi) is 3.37. The summed E-state index contributed by atoms with van der Waals surface area (Å²) in [6.45, 7) is 3.15. The van der Waals surface area contributed by atoms with Crippen molar-refractivity contribution >= 4 is 12.0 Å². The van der Waals surface area contributed by atoms with Crippen molar-refractivity contribution in [2.75, 3.05) is 6.61 Å². The van der Waals surface area contributed by atoms with Gasteiger partial charge in [-0.1, -0.05) is 18.2 Å². The van der Waals surface area contributed by atoms with Gasteiger partial charge in [-0.2, -0.15) is 0 Å². The molecule has 118 valence electrons. The SMILES string of the molecule is C[C@@H](NC(=O)C1=Cc2ccccc2OC1)c1nnc2n1CCC2. The van der Waals surface area contributed by atoms with Crippen LogP contribution in [0, 0.1) is 0 Å². The first-order chi connectivity index (χ1) is 11.2. The molecule has 0 unspecified atom stereocenters. The van der Waals surface area contributed by atoms with Gasteiger partial charge in [-0.05, 0) is 25.5 Å². The number of carbonyl (C=O) groups is 1. The molecule has 2 aromatic rings. The van der Waals surface area contributed by atoms with Crippen molar-refractivity contribution < 1.29 is 9.53 Å². The zero-order chi connectivity index (χ0) is 15.8. The summed E-state index contributed by atoms with van der Waals surface area (Å²) in [5.74, 6) is 2.52. The summed E-state index contributed by atoms with van der Waals surface area (Å²) in [6, 6.07) is 7.52. The minimum atomic E-state index is -0.181. The molecule has 0 fully saturated rings. The van der Waals surface area contributed by atoms with E-state index in [2.05, 4.69) is 20.1 Å². The van der Waals surface area contributed by atoms with E-state index < -0.39 is 0 Å². The number of amides is 1. The molecule has 4 rings (SSSR count). The average Bonchev–Trinajstić information content (AvgIpc) is 3.17. The number of aromatic nitrogens is 3. The van der Waals surface area contributed by atoms with Crippen LogP contribution in [0.2, 0.25) is 0 Å². The summed E-state index contributed by atoms with van der Waals surface area (Å²) in [4.78, 5) is 12.5. The van der Waals surface area contributed by atoms with Gasteiger partial charge < -0.3 is 14.6 Å². The predicted molar refractivity (Wildman–Crippen MR) is 84.8 cm³/mol. The fraction of sp³-hybridized carbons (Fsp3) is 0.353. The van der Waals surface area contributed by atoms with E-state index in [-0.39, 0.29) is 18.6 Å². The molecule has 0 bridgehead atoms. The summed E-state index contributed by atoms with van der Waals surface area (Å²) in [5.41, 5.74) is 1.55. The van der Waals surface area contributed by atoms with Gasteiger partial charge >= 0.3 is 0 Å². The normalized spacial score (nSPS) is 16.8. The minimum absolute atomic E-state index is 0.123. The Hall–Kier alpha value is -2.63. The number of hydrogen-bond acceptors (Lipinski definition) is 4. The number of nitrogens with zero attached hydrogens (tertiary/aromatic N) is 3. The molecule has 6 heteroatoms. The topological polar surface area (TPSA) is 69.0 Å². The molecular weight excluding hydrogens is 292 g/mol. The van der Waals surface area contributed by atoms with Gasteiger partial charge in [0.25, 0.3) is 5.91 Å². The molecule has 1 amide bonds. The Balaban J connectivity index is 1.51. The highest BCUT2D eigenvalue weighted by Gasteiger charge is 2.24. The van der Waals surface area contributed by atoms with Gasteiger partial charge in [0, 0.05) is 18.5 Å². The number of benzene rings is 1. The van der Waals surface area contributed by atoms with Crippen LogP contribution >= 0.6 is 0 Å². The molecule has 23 heavy (non-hydrogen) atoms. The van der Waals surface area contributed by atoms with Crippen molar-refractivity contribution in [3.63, 3.8) is 0 Å². The van der Waals surface area contributed by atoms with Crippen LogP contribution in [0.15, 0.2) is 29.8 Å². The van der Waals surface area contributed by atoms with Gasteiger partial charge in [-0.25, -0.2) is 0 Å². The zero-order valence-corrected chi connectivity index (χ0v) is 13.0. The maximum atomic E-state index is 12.5. The Bertz CT molecular complexity index is 794. The summed E-state index contributed by atoms with van der Waals surface area (Å²) in [6.07, 6.45) is 3.94. The monoisotopic (exact) mass is 310 g/mol. The van der Waals surface area contributed by atoms with E-state index in [9.17, 15) is 4.79 Å². The number of carbonyl (C=O) groups excluding carboxylic acids is 1. The number of rotatable bonds is 3. The van der Waals surface area contributed by atoms with Crippen LogP contribution in [-0.4, -0.2) is 27.3 Å². The molecule has 3 heterocycles. The average molecular weight is 310 g/mol. The summed E-state index contributed by atoms with van der Waals surface area (Å²) in [7, 11) is 0. The smallest absolute Gasteiger partial charge is 0.251 e. The summed E-state index contributed by atoms with van der Waals surface area (Å²) >= 11 is 0. The van der Waals surface area contributed by atoms with E-state index in [0.29, 0.717) is 5.57 Å². The number of hydrogen-bond donors (Lipinski definition) is 1. The molecule has 2 aliphatic heterocycles.